The van der Waals surface area contributed by atoms with Crippen LogP contribution in [0.2, 0.25) is 0 Å². The van der Waals surface area contributed by atoms with E-state index < -0.39 is 0 Å². The van der Waals surface area contributed by atoms with Gasteiger partial charge in [-0.15, -0.1) is 5.10 Å². The molecule has 0 atom stereocenters. The predicted molar refractivity (Wildman–Crippen MR) is 92.6 cm³/mol. The Morgan fingerprint density at radius 3 is 2.58 bits per heavy atom. The summed E-state index contributed by atoms with van der Waals surface area (Å²) in [5.41, 5.74) is 2.01. The van der Waals surface area contributed by atoms with Crippen LogP contribution in [0.15, 0.2) is 42.9 Å². The van der Waals surface area contributed by atoms with Gasteiger partial charge in [0, 0.05) is 19.3 Å². The highest BCUT2D eigenvalue weighted by molar-refractivity contribution is 5.60. The standard InChI is InChI=1S/C18H23N5O/c1-3-10-22-12-16(17-19-14-20-23(17)11-4-2)18(21-22)24-13-15-8-6-5-7-9-15/h5-9,12,14H,3-4,10-11,13H2,1-2H3. The molecule has 3 aromatic rings. The van der Waals surface area contributed by atoms with Crippen LogP contribution in [0.25, 0.3) is 11.4 Å². The van der Waals surface area contributed by atoms with Gasteiger partial charge in [0.25, 0.3) is 0 Å². The summed E-state index contributed by atoms with van der Waals surface area (Å²) in [7, 11) is 0. The lowest BCUT2D eigenvalue weighted by Crippen LogP contribution is -2.03. The zero-order valence-electron chi connectivity index (χ0n) is 14.2. The lowest BCUT2D eigenvalue weighted by atomic mass is 10.2. The molecule has 0 radical (unpaired) electrons. The molecular weight excluding hydrogens is 302 g/mol. The van der Waals surface area contributed by atoms with Crippen molar-refractivity contribution in [2.24, 2.45) is 0 Å². The van der Waals surface area contributed by atoms with E-state index in [4.69, 9.17) is 4.74 Å². The Kier molecular flexibility index (Phi) is 5.25. The van der Waals surface area contributed by atoms with Gasteiger partial charge in [-0.2, -0.15) is 5.10 Å². The zero-order valence-corrected chi connectivity index (χ0v) is 14.2. The van der Waals surface area contributed by atoms with Gasteiger partial charge in [-0.3, -0.25) is 4.68 Å². The lowest BCUT2D eigenvalue weighted by molar-refractivity contribution is 0.290. The maximum Gasteiger partial charge on any atom is 0.244 e. The Hall–Kier alpha value is -2.63. The number of nitrogens with zero attached hydrogens (tertiary/aromatic N) is 5. The van der Waals surface area contributed by atoms with E-state index in [1.165, 1.54) is 0 Å². The van der Waals surface area contributed by atoms with Crippen LogP contribution in [0, 0.1) is 0 Å². The van der Waals surface area contributed by atoms with Crippen molar-refractivity contribution in [2.75, 3.05) is 0 Å². The minimum absolute atomic E-state index is 0.485. The first kappa shape index (κ1) is 16.2. The normalized spacial score (nSPS) is 10.9. The molecule has 3 rings (SSSR count). The van der Waals surface area contributed by atoms with Crippen molar-refractivity contribution >= 4 is 0 Å². The van der Waals surface area contributed by atoms with Crippen molar-refractivity contribution in [1.29, 1.82) is 0 Å². The van der Waals surface area contributed by atoms with E-state index in [1.807, 2.05) is 45.9 Å². The summed E-state index contributed by atoms with van der Waals surface area (Å²) in [6, 6.07) is 10.1. The zero-order chi connectivity index (χ0) is 16.8. The van der Waals surface area contributed by atoms with Gasteiger partial charge >= 0.3 is 0 Å². The molecule has 2 aromatic heterocycles. The highest BCUT2D eigenvalue weighted by Gasteiger charge is 2.17. The average Bonchev–Trinajstić information content (AvgIpc) is 3.21. The molecule has 0 spiro atoms. The SMILES string of the molecule is CCCn1cc(-c2ncnn2CCC)c(OCc2ccccc2)n1. The second-order valence-corrected chi connectivity index (χ2v) is 5.69. The van der Waals surface area contributed by atoms with Gasteiger partial charge < -0.3 is 4.74 Å². The monoisotopic (exact) mass is 325 g/mol. The third-order valence-electron chi connectivity index (χ3n) is 3.69. The molecule has 0 amide bonds. The summed E-state index contributed by atoms with van der Waals surface area (Å²) in [6.45, 7) is 6.42. The predicted octanol–water partition coefficient (Wildman–Crippen LogP) is 3.54. The van der Waals surface area contributed by atoms with Crippen LogP contribution in [0.5, 0.6) is 5.88 Å². The summed E-state index contributed by atoms with van der Waals surface area (Å²) in [5.74, 6) is 1.42. The van der Waals surface area contributed by atoms with Gasteiger partial charge in [0.1, 0.15) is 18.5 Å². The first-order valence-electron chi connectivity index (χ1n) is 8.44. The van der Waals surface area contributed by atoms with Crippen molar-refractivity contribution in [3.63, 3.8) is 0 Å². The number of rotatable bonds is 8. The quantitative estimate of drug-likeness (QED) is 0.635. The van der Waals surface area contributed by atoms with Gasteiger partial charge in [0.05, 0.1) is 0 Å². The van der Waals surface area contributed by atoms with Crippen molar-refractivity contribution in [2.45, 2.75) is 46.4 Å². The molecule has 1 aromatic carbocycles. The van der Waals surface area contributed by atoms with Crippen LogP contribution >= 0.6 is 0 Å². The molecule has 0 saturated heterocycles. The van der Waals surface area contributed by atoms with Crippen molar-refractivity contribution < 1.29 is 4.74 Å². The number of ether oxygens (including phenoxy) is 1. The Labute approximate surface area is 142 Å². The molecule has 0 bridgehead atoms. The molecule has 0 aliphatic carbocycles. The smallest absolute Gasteiger partial charge is 0.244 e. The van der Waals surface area contributed by atoms with Gasteiger partial charge in [0.2, 0.25) is 5.88 Å². The number of aryl methyl sites for hydroxylation is 2. The molecule has 0 N–H and O–H groups in total. The largest absolute Gasteiger partial charge is 0.471 e. The molecule has 0 unspecified atom stereocenters. The molecule has 0 aliphatic heterocycles. The van der Waals surface area contributed by atoms with Crippen LogP contribution in [0.3, 0.4) is 0 Å². The first-order valence-corrected chi connectivity index (χ1v) is 8.44. The summed E-state index contributed by atoms with van der Waals surface area (Å²) >= 11 is 0. The number of hydrogen-bond acceptors (Lipinski definition) is 4. The van der Waals surface area contributed by atoms with Crippen molar-refractivity contribution in [3.8, 4) is 17.3 Å². The third-order valence-corrected chi connectivity index (χ3v) is 3.69. The van der Waals surface area contributed by atoms with Crippen LogP contribution in [-0.2, 0) is 19.7 Å². The Balaban J connectivity index is 1.88. The van der Waals surface area contributed by atoms with E-state index in [1.54, 1.807) is 6.33 Å². The minimum atomic E-state index is 0.485. The van der Waals surface area contributed by atoms with Crippen molar-refractivity contribution in [3.05, 3.63) is 48.4 Å². The van der Waals surface area contributed by atoms with Crippen LogP contribution in [-0.4, -0.2) is 24.5 Å². The number of benzene rings is 1. The van der Waals surface area contributed by atoms with E-state index in [0.29, 0.717) is 12.5 Å². The Bertz CT molecular complexity index is 763. The molecule has 24 heavy (non-hydrogen) atoms. The van der Waals surface area contributed by atoms with E-state index in [-0.39, 0.29) is 0 Å². The van der Waals surface area contributed by atoms with Crippen molar-refractivity contribution in [1.82, 2.24) is 24.5 Å². The van der Waals surface area contributed by atoms with E-state index in [0.717, 1.165) is 42.9 Å². The molecule has 126 valence electrons. The van der Waals surface area contributed by atoms with Gasteiger partial charge in [-0.05, 0) is 18.4 Å². The molecule has 6 nitrogen and oxygen atoms in total. The second-order valence-electron chi connectivity index (χ2n) is 5.69. The molecule has 6 heteroatoms. The van der Waals surface area contributed by atoms with Crippen LogP contribution in [0.4, 0.5) is 0 Å². The van der Waals surface area contributed by atoms with E-state index in [9.17, 15) is 0 Å². The molecule has 0 fully saturated rings. The Morgan fingerprint density at radius 1 is 1.04 bits per heavy atom. The summed E-state index contributed by atoms with van der Waals surface area (Å²) in [5, 5.41) is 8.90. The summed E-state index contributed by atoms with van der Waals surface area (Å²) < 4.78 is 9.82. The fraction of sp³-hybridized carbons (Fsp3) is 0.389. The molecule has 0 saturated carbocycles. The third kappa shape index (κ3) is 3.64. The first-order chi connectivity index (χ1) is 11.8. The minimum Gasteiger partial charge on any atom is -0.471 e. The summed E-state index contributed by atoms with van der Waals surface area (Å²) in [6.07, 6.45) is 5.60. The maximum atomic E-state index is 5.99. The van der Waals surface area contributed by atoms with Crippen LogP contribution in [0.1, 0.15) is 32.3 Å². The fourth-order valence-corrected chi connectivity index (χ4v) is 2.58. The number of aromatic nitrogens is 5. The van der Waals surface area contributed by atoms with Crippen LogP contribution < -0.4 is 4.74 Å². The molecule has 2 heterocycles. The average molecular weight is 325 g/mol. The second kappa shape index (κ2) is 7.77. The lowest BCUT2D eigenvalue weighted by Gasteiger charge is -2.06. The molecule has 0 aliphatic rings. The highest BCUT2D eigenvalue weighted by Crippen LogP contribution is 2.28. The van der Waals surface area contributed by atoms with E-state index in [2.05, 4.69) is 29.0 Å². The molecular formula is C18H23N5O. The summed E-state index contributed by atoms with van der Waals surface area (Å²) in [4.78, 5) is 4.41. The highest BCUT2D eigenvalue weighted by atomic mass is 16.5. The number of hydrogen-bond donors (Lipinski definition) is 0. The topological polar surface area (TPSA) is 57.8 Å². The van der Waals surface area contributed by atoms with E-state index >= 15 is 0 Å². The van der Waals surface area contributed by atoms with Gasteiger partial charge in [-0.25, -0.2) is 9.67 Å². The van der Waals surface area contributed by atoms with Gasteiger partial charge in [0.15, 0.2) is 5.82 Å². The fourth-order valence-electron chi connectivity index (χ4n) is 2.58. The maximum absolute atomic E-state index is 5.99. The Morgan fingerprint density at radius 2 is 1.83 bits per heavy atom. The van der Waals surface area contributed by atoms with Gasteiger partial charge in [-0.1, -0.05) is 44.2 Å².